The van der Waals surface area contributed by atoms with Gasteiger partial charge in [0, 0.05) is 31.0 Å². The van der Waals surface area contributed by atoms with Crippen LogP contribution in [0.2, 0.25) is 5.02 Å². The van der Waals surface area contributed by atoms with Crippen molar-refractivity contribution >= 4 is 23.1 Å². The first-order valence-corrected chi connectivity index (χ1v) is 6.90. The van der Waals surface area contributed by atoms with Crippen LogP contribution in [0.5, 0.6) is 0 Å². The zero-order valence-electron chi connectivity index (χ0n) is 11.8. The first-order chi connectivity index (χ1) is 9.97. The van der Waals surface area contributed by atoms with Crippen molar-refractivity contribution in [1.29, 1.82) is 0 Å². The van der Waals surface area contributed by atoms with Gasteiger partial charge < -0.3 is 5.32 Å². The molecule has 0 aliphatic rings. The van der Waals surface area contributed by atoms with Crippen molar-refractivity contribution in [3.05, 3.63) is 44.9 Å². The first kappa shape index (κ1) is 15.2. The van der Waals surface area contributed by atoms with E-state index in [-0.39, 0.29) is 16.5 Å². The van der Waals surface area contributed by atoms with Crippen molar-refractivity contribution in [3.63, 3.8) is 0 Å². The van der Waals surface area contributed by atoms with E-state index in [0.717, 1.165) is 24.4 Å². The maximum atomic E-state index is 10.9. The Hall–Kier alpha value is -2.15. The topological polar surface area (TPSA) is 85.9 Å². The van der Waals surface area contributed by atoms with Gasteiger partial charge in [0.15, 0.2) is 0 Å². The monoisotopic (exact) mass is 309 g/mol. The molecule has 0 atom stereocenters. The highest BCUT2D eigenvalue weighted by molar-refractivity contribution is 6.30. The fourth-order valence-electron chi connectivity index (χ4n) is 2.04. The molecule has 0 radical (unpaired) electrons. The molecule has 0 saturated carbocycles. The Balaban J connectivity index is 1.92. The van der Waals surface area contributed by atoms with Crippen LogP contribution in [0, 0.1) is 24.0 Å². The maximum Gasteiger partial charge on any atom is 0.312 e. The van der Waals surface area contributed by atoms with Crippen LogP contribution in [-0.4, -0.2) is 26.2 Å². The minimum Gasteiger partial charge on any atom is -0.364 e. The number of nitrogens with one attached hydrogen (secondary N) is 1. The first-order valence-electron chi connectivity index (χ1n) is 6.52. The van der Waals surface area contributed by atoms with Crippen LogP contribution in [0.1, 0.15) is 17.8 Å². The summed E-state index contributed by atoms with van der Waals surface area (Å²) in [5, 5.41) is 18.5. The number of hydrogen-bond donors (Lipinski definition) is 1. The lowest BCUT2D eigenvalue weighted by atomic mass is 10.3. The summed E-state index contributed by atoms with van der Waals surface area (Å²) >= 11 is 5.72. The number of hydrogen-bond acceptors (Lipinski definition) is 5. The van der Waals surface area contributed by atoms with Gasteiger partial charge in [0.05, 0.1) is 15.6 Å². The second-order valence-corrected chi connectivity index (χ2v) is 5.15. The summed E-state index contributed by atoms with van der Waals surface area (Å²) in [6, 6.07) is 3.30. The quantitative estimate of drug-likeness (QED) is 0.503. The molecule has 2 rings (SSSR count). The summed E-state index contributed by atoms with van der Waals surface area (Å²) in [6.07, 6.45) is 2.17. The molecule has 21 heavy (non-hydrogen) atoms. The van der Waals surface area contributed by atoms with E-state index >= 15 is 0 Å². The van der Waals surface area contributed by atoms with Crippen LogP contribution in [0.4, 0.5) is 11.5 Å². The van der Waals surface area contributed by atoms with Crippen molar-refractivity contribution in [3.8, 4) is 0 Å². The minimum atomic E-state index is -0.498. The standard InChI is InChI=1S/C13H16ClN5O2/c1-9-6-10(2)18(17-9)5-3-4-15-13-12(19(20)21)7-11(14)8-16-13/h6-8H,3-5H2,1-2H3,(H,15,16). The van der Waals surface area contributed by atoms with Gasteiger partial charge in [0.2, 0.25) is 5.82 Å². The van der Waals surface area contributed by atoms with E-state index in [1.54, 1.807) is 0 Å². The van der Waals surface area contributed by atoms with Crippen molar-refractivity contribution < 1.29 is 4.92 Å². The third-order valence-electron chi connectivity index (χ3n) is 2.97. The van der Waals surface area contributed by atoms with E-state index in [4.69, 9.17) is 11.6 Å². The van der Waals surface area contributed by atoms with Crippen LogP contribution in [0.3, 0.4) is 0 Å². The Kier molecular flexibility index (Phi) is 4.74. The second-order valence-electron chi connectivity index (χ2n) is 4.71. The van der Waals surface area contributed by atoms with Crippen LogP contribution >= 0.6 is 11.6 Å². The van der Waals surface area contributed by atoms with Crippen LogP contribution in [0.15, 0.2) is 18.3 Å². The zero-order chi connectivity index (χ0) is 15.4. The number of nitro groups is 1. The van der Waals surface area contributed by atoms with E-state index in [1.807, 2.05) is 24.6 Å². The molecule has 112 valence electrons. The molecule has 0 spiro atoms. The molecular weight excluding hydrogens is 294 g/mol. The molecule has 0 amide bonds. The normalized spacial score (nSPS) is 10.6. The Labute approximate surface area is 127 Å². The van der Waals surface area contributed by atoms with Gasteiger partial charge in [-0.25, -0.2) is 4.98 Å². The van der Waals surface area contributed by atoms with Crippen LogP contribution in [0.25, 0.3) is 0 Å². The van der Waals surface area contributed by atoms with E-state index in [2.05, 4.69) is 15.4 Å². The third-order valence-corrected chi connectivity index (χ3v) is 3.18. The fraction of sp³-hybridized carbons (Fsp3) is 0.385. The molecule has 8 heteroatoms. The van der Waals surface area contributed by atoms with E-state index in [1.165, 1.54) is 12.3 Å². The number of pyridine rings is 1. The molecule has 7 nitrogen and oxygen atoms in total. The van der Waals surface area contributed by atoms with Gasteiger partial charge in [-0.2, -0.15) is 5.10 Å². The number of aryl methyl sites for hydroxylation is 3. The van der Waals surface area contributed by atoms with Gasteiger partial charge in [0.25, 0.3) is 0 Å². The summed E-state index contributed by atoms with van der Waals surface area (Å²) in [6.45, 7) is 5.25. The largest absolute Gasteiger partial charge is 0.364 e. The molecule has 2 aromatic rings. The summed E-state index contributed by atoms with van der Waals surface area (Å²) in [5.74, 6) is 0.234. The molecule has 0 aliphatic heterocycles. The predicted molar refractivity (Wildman–Crippen MR) is 80.7 cm³/mol. The number of anilines is 1. The summed E-state index contributed by atoms with van der Waals surface area (Å²) in [5.41, 5.74) is 1.96. The lowest BCUT2D eigenvalue weighted by Crippen LogP contribution is -2.10. The van der Waals surface area contributed by atoms with E-state index < -0.39 is 4.92 Å². The highest BCUT2D eigenvalue weighted by Gasteiger charge is 2.15. The molecule has 0 unspecified atom stereocenters. The second kappa shape index (κ2) is 6.53. The fourth-order valence-corrected chi connectivity index (χ4v) is 2.19. The Morgan fingerprint density at radius 3 is 2.81 bits per heavy atom. The van der Waals surface area contributed by atoms with Crippen molar-refractivity contribution in [2.45, 2.75) is 26.8 Å². The summed E-state index contributed by atoms with van der Waals surface area (Å²) in [7, 11) is 0. The Morgan fingerprint density at radius 2 is 2.19 bits per heavy atom. The zero-order valence-corrected chi connectivity index (χ0v) is 12.6. The van der Waals surface area contributed by atoms with Gasteiger partial charge in [0.1, 0.15) is 0 Å². The molecular formula is C13H16ClN5O2. The Bertz CT molecular complexity index is 656. The van der Waals surface area contributed by atoms with E-state index in [9.17, 15) is 10.1 Å². The molecule has 0 fully saturated rings. The molecule has 0 aliphatic carbocycles. The number of aromatic nitrogens is 3. The average Bonchev–Trinajstić information content (AvgIpc) is 2.74. The highest BCUT2D eigenvalue weighted by atomic mass is 35.5. The van der Waals surface area contributed by atoms with Gasteiger partial charge in [-0.15, -0.1) is 0 Å². The molecule has 0 saturated heterocycles. The van der Waals surface area contributed by atoms with Gasteiger partial charge in [-0.05, 0) is 26.3 Å². The van der Waals surface area contributed by atoms with Crippen molar-refractivity contribution in [2.24, 2.45) is 0 Å². The van der Waals surface area contributed by atoms with Crippen LogP contribution < -0.4 is 5.32 Å². The van der Waals surface area contributed by atoms with Gasteiger partial charge >= 0.3 is 5.69 Å². The SMILES string of the molecule is Cc1cc(C)n(CCCNc2ncc(Cl)cc2[N+](=O)[O-])n1. The average molecular weight is 310 g/mol. The minimum absolute atomic E-state index is 0.117. The molecule has 2 aromatic heterocycles. The number of nitrogens with zero attached hydrogens (tertiary/aromatic N) is 4. The van der Waals surface area contributed by atoms with Gasteiger partial charge in [-0.3, -0.25) is 14.8 Å². The highest BCUT2D eigenvalue weighted by Crippen LogP contribution is 2.24. The Morgan fingerprint density at radius 1 is 1.43 bits per heavy atom. The molecule has 0 aromatic carbocycles. The lowest BCUT2D eigenvalue weighted by molar-refractivity contribution is -0.384. The van der Waals surface area contributed by atoms with Crippen molar-refractivity contribution in [1.82, 2.24) is 14.8 Å². The third kappa shape index (κ3) is 3.91. The van der Waals surface area contributed by atoms with Gasteiger partial charge in [-0.1, -0.05) is 11.6 Å². The smallest absolute Gasteiger partial charge is 0.312 e. The number of halogens is 1. The molecule has 2 heterocycles. The lowest BCUT2D eigenvalue weighted by Gasteiger charge is -2.07. The maximum absolute atomic E-state index is 10.9. The number of rotatable bonds is 6. The van der Waals surface area contributed by atoms with Crippen molar-refractivity contribution in [2.75, 3.05) is 11.9 Å². The summed E-state index contributed by atoms with van der Waals surface area (Å²) < 4.78 is 1.92. The molecule has 0 bridgehead atoms. The predicted octanol–water partition coefficient (Wildman–Crippen LogP) is 2.96. The molecule has 1 N–H and O–H groups in total. The van der Waals surface area contributed by atoms with E-state index in [0.29, 0.717) is 6.54 Å². The summed E-state index contributed by atoms with van der Waals surface area (Å²) in [4.78, 5) is 14.4. The van der Waals surface area contributed by atoms with Crippen LogP contribution in [-0.2, 0) is 6.54 Å².